The number of ether oxygens (including phenoxy) is 1. The number of phenols is 1. The molecule has 0 aliphatic carbocycles. The minimum atomic E-state index is 0.166. The molecule has 0 spiro atoms. The normalized spacial score (nSPS) is 13.8. The maximum Gasteiger partial charge on any atom is 0.118 e. The van der Waals surface area contributed by atoms with Crippen LogP contribution in [0.4, 0.5) is 0 Å². The molecule has 2 aromatic rings. The van der Waals surface area contributed by atoms with Crippen molar-refractivity contribution in [1.82, 2.24) is 5.32 Å². The highest BCUT2D eigenvalue weighted by molar-refractivity contribution is 5.31. The van der Waals surface area contributed by atoms with E-state index in [4.69, 9.17) is 4.74 Å². The summed E-state index contributed by atoms with van der Waals surface area (Å²) in [4.78, 5) is 0. The Morgan fingerprint density at radius 2 is 1.60 bits per heavy atom. The molecule has 2 rings (SSSR count). The first-order valence-corrected chi connectivity index (χ1v) is 6.79. The van der Waals surface area contributed by atoms with Gasteiger partial charge in [0.2, 0.25) is 0 Å². The largest absolute Gasteiger partial charge is 0.508 e. The third-order valence-corrected chi connectivity index (χ3v) is 3.49. The molecule has 106 valence electrons. The van der Waals surface area contributed by atoms with Crippen molar-refractivity contribution in [3.8, 4) is 11.5 Å². The van der Waals surface area contributed by atoms with Gasteiger partial charge in [0.05, 0.1) is 7.11 Å². The van der Waals surface area contributed by atoms with Crippen LogP contribution >= 0.6 is 0 Å². The monoisotopic (exact) mass is 271 g/mol. The zero-order chi connectivity index (χ0) is 14.5. The molecule has 0 aromatic heterocycles. The van der Waals surface area contributed by atoms with Gasteiger partial charge in [-0.1, -0.05) is 24.3 Å². The van der Waals surface area contributed by atoms with Gasteiger partial charge in [-0.25, -0.2) is 0 Å². The van der Waals surface area contributed by atoms with Crippen LogP contribution in [0.5, 0.6) is 11.5 Å². The molecular weight excluding hydrogens is 250 g/mol. The van der Waals surface area contributed by atoms with E-state index in [0.717, 1.165) is 11.3 Å². The molecule has 20 heavy (non-hydrogen) atoms. The van der Waals surface area contributed by atoms with E-state index in [2.05, 4.69) is 31.3 Å². The molecule has 2 unspecified atom stereocenters. The number of aromatic hydroxyl groups is 1. The van der Waals surface area contributed by atoms with Gasteiger partial charge in [-0.15, -0.1) is 0 Å². The fourth-order valence-electron chi connectivity index (χ4n) is 2.25. The van der Waals surface area contributed by atoms with Crippen LogP contribution in [-0.4, -0.2) is 12.2 Å². The van der Waals surface area contributed by atoms with Crippen LogP contribution in [0.25, 0.3) is 0 Å². The maximum absolute atomic E-state index is 9.53. The highest BCUT2D eigenvalue weighted by Crippen LogP contribution is 2.23. The molecule has 2 aromatic carbocycles. The van der Waals surface area contributed by atoms with Crippen LogP contribution in [-0.2, 0) is 0 Å². The van der Waals surface area contributed by atoms with E-state index in [1.807, 2.05) is 24.3 Å². The van der Waals surface area contributed by atoms with Crippen molar-refractivity contribution in [2.24, 2.45) is 0 Å². The molecule has 0 bridgehead atoms. The number of rotatable bonds is 5. The van der Waals surface area contributed by atoms with Gasteiger partial charge in [-0.3, -0.25) is 0 Å². The molecule has 0 heterocycles. The fraction of sp³-hybridized carbons (Fsp3) is 0.294. The molecule has 0 aliphatic rings. The third-order valence-electron chi connectivity index (χ3n) is 3.49. The van der Waals surface area contributed by atoms with Crippen molar-refractivity contribution in [3.05, 3.63) is 59.7 Å². The van der Waals surface area contributed by atoms with Gasteiger partial charge in [0.25, 0.3) is 0 Å². The topological polar surface area (TPSA) is 41.5 Å². The summed E-state index contributed by atoms with van der Waals surface area (Å²) in [5.74, 6) is 1.16. The lowest BCUT2D eigenvalue weighted by molar-refractivity contribution is 0.414. The first kappa shape index (κ1) is 14.4. The molecule has 0 fully saturated rings. The standard InChI is InChI=1S/C17H21NO2/c1-12(14-7-9-17(20-3)10-8-14)18-13(2)15-5-4-6-16(19)11-15/h4-13,18-19H,1-3H3. The van der Waals surface area contributed by atoms with Crippen molar-refractivity contribution in [1.29, 1.82) is 0 Å². The Bertz CT molecular complexity index is 551. The molecule has 2 N–H and O–H groups in total. The summed E-state index contributed by atoms with van der Waals surface area (Å²) in [7, 11) is 1.67. The number of benzene rings is 2. The van der Waals surface area contributed by atoms with Crippen molar-refractivity contribution in [3.63, 3.8) is 0 Å². The minimum absolute atomic E-state index is 0.166. The molecule has 2 atom stereocenters. The average molecular weight is 271 g/mol. The molecular formula is C17H21NO2. The Hall–Kier alpha value is -2.00. The first-order valence-electron chi connectivity index (χ1n) is 6.79. The molecule has 0 aliphatic heterocycles. The second-order valence-electron chi connectivity index (χ2n) is 4.98. The van der Waals surface area contributed by atoms with Crippen molar-refractivity contribution >= 4 is 0 Å². The first-order chi connectivity index (χ1) is 9.60. The maximum atomic E-state index is 9.53. The van der Waals surface area contributed by atoms with Crippen molar-refractivity contribution in [2.45, 2.75) is 25.9 Å². The van der Waals surface area contributed by atoms with Gasteiger partial charge in [0, 0.05) is 12.1 Å². The highest BCUT2D eigenvalue weighted by atomic mass is 16.5. The Kier molecular flexibility index (Phi) is 4.64. The summed E-state index contributed by atoms with van der Waals surface area (Å²) in [6.07, 6.45) is 0. The van der Waals surface area contributed by atoms with Crippen LogP contribution < -0.4 is 10.1 Å². The SMILES string of the molecule is COc1ccc(C(C)NC(C)c2cccc(O)c2)cc1. The van der Waals surface area contributed by atoms with E-state index in [1.165, 1.54) is 5.56 Å². The lowest BCUT2D eigenvalue weighted by Crippen LogP contribution is -2.22. The third kappa shape index (κ3) is 3.52. The summed E-state index contributed by atoms with van der Waals surface area (Å²) in [5, 5.41) is 13.1. The number of phenolic OH excluding ortho intramolecular Hbond substituents is 1. The van der Waals surface area contributed by atoms with E-state index in [9.17, 15) is 5.11 Å². The Labute approximate surface area is 120 Å². The molecule has 3 heteroatoms. The summed E-state index contributed by atoms with van der Waals surface area (Å²) in [6.45, 7) is 4.22. The van der Waals surface area contributed by atoms with E-state index < -0.39 is 0 Å². The summed E-state index contributed by atoms with van der Waals surface area (Å²) >= 11 is 0. The number of hydrogen-bond donors (Lipinski definition) is 2. The fourth-order valence-corrected chi connectivity index (χ4v) is 2.25. The zero-order valence-corrected chi connectivity index (χ0v) is 12.1. The summed E-state index contributed by atoms with van der Waals surface area (Å²) < 4.78 is 5.16. The predicted octanol–water partition coefficient (Wildman–Crippen LogP) is 3.81. The Balaban J connectivity index is 2.04. The minimum Gasteiger partial charge on any atom is -0.508 e. The van der Waals surface area contributed by atoms with Gasteiger partial charge in [-0.2, -0.15) is 0 Å². The highest BCUT2D eigenvalue weighted by Gasteiger charge is 2.11. The van der Waals surface area contributed by atoms with Gasteiger partial charge in [-0.05, 0) is 49.2 Å². The molecule has 0 saturated carbocycles. The number of methoxy groups -OCH3 is 1. The average Bonchev–Trinajstić information content (AvgIpc) is 2.47. The van der Waals surface area contributed by atoms with Gasteiger partial charge < -0.3 is 15.2 Å². The van der Waals surface area contributed by atoms with Gasteiger partial charge >= 0.3 is 0 Å². The molecule has 0 amide bonds. The Morgan fingerprint density at radius 1 is 0.950 bits per heavy atom. The summed E-state index contributed by atoms with van der Waals surface area (Å²) in [6, 6.07) is 15.8. The number of nitrogens with one attached hydrogen (secondary N) is 1. The van der Waals surface area contributed by atoms with Crippen LogP contribution in [0.2, 0.25) is 0 Å². The molecule has 0 radical (unpaired) electrons. The van der Waals surface area contributed by atoms with Crippen molar-refractivity contribution < 1.29 is 9.84 Å². The summed E-state index contributed by atoms with van der Waals surface area (Å²) in [5.41, 5.74) is 2.28. The smallest absolute Gasteiger partial charge is 0.118 e. The lowest BCUT2D eigenvalue weighted by atomic mass is 10.0. The van der Waals surface area contributed by atoms with E-state index in [1.54, 1.807) is 19.2 Å². The number of hydrogen-bond acceptors (Lipinski definition) is 3. The predicted molar refractivity (Wildman–Crippen MR) is 81.1 cm³/mol. The lowest BCUT2D eigenvalue weighted by Gasteiger charge is -2.21. The van der Waals surface area contributed by atoms with E-state index >= 15 is 0 Å². The van der Waals surface area contributed by atoms with Crippen molar-refractivity contribution in [2.75, 3.05) is 7.11 Å². The van der Waals surface area contributed by atoms with Crippen LogP contribution in [0.3, 0.4) is 0 Å². The van der Waals surface area contributed by atoms with Gasteiger partial charge in [0.1, 0.15) is 11.5 Å². The Morgan fingerprint density at radius 3 is 2.20 bits per heavy atom. The molecule has 3 nitrogen and oxygen atoms in total. The van der Waals surface area contributed by atoms with Crippen LogP contribution in [0.1, 0.15) is 37.1 Å². The van der Waals surface area contributed by atoms with E-state index in [0.29, 0.717) is 5.75 Å². The molecule has 0 saturated heterocycles. The quantitative estimate of drug-likeness (QED) is 0.868. The van der Waals surface area contributed by atoms with Crippen LogP contribution in [0, 0.1) is 0 Å². The van der Waals surface area contributed by atoms with Crippen LogP contribution in [0.15, 0.2) is 48.5 Å². The second kappa shape index (κ2) is 6.44. The van der Waals surface area contributed by atoms with Gasteiger partial charge in [0.15, 0.2) is 0 Å². The zero-order valence-electron chi connectivity index (χ0n) is 12.1. The van der Waals surface area contributed by atoms with E-state index in [-0.39, 0.29) is 12.1 Å². The second-order valence-corrected chi connectivity index (χ2v) is 4.98.